The number of carbonyl (C=O) groups is 3. The number of methoxy groups -OCH3 is 2. The van der Waals surface area contributed by atoms with E-state index in [1.165, 1.54) is 14.2 Å². The molecule has 7 heteroatoms. The highest BCUT2D eigenvalue weighted by molar-refractivity contribution is 5.90. The largest absolute Gasteiger partial charge is 0.467 e. The van der Waals surface area contributed by atoms with Gasteiger partial charge in [0.25, 0.3) is 0 Å². The van der Waals surface area contributed by atoms with E-state index in [4.69, 9.17) is 4.74 Å². The van der Waals surface area contributed by atoms with Crippen LogP contribution in [0.2, 0.25) is 0 Å². The van der Waals surface area contributed by atoms with Crippen LogP contribution in [0, 0.1) is 0 Å². The van der Waals surface area contributed by atoms with E-state index in [0.29, 0.717) is 0 Å². The lowest BCUT2D eigenvalue weighted by Gasteiger charge is -2.22. The molecule has 0 aromatic heterocycles. The fraction of sp³-hybridized carbons (Fsp3) is 0.286. The summed E-state index contributed by atoms with van der Waals surface area (Å²) in [5, 5.41) is 5.20. The smallest absolute Gasteiger partial charge is 0.407 e. The molecule has 7 nitrogen and oxygen atoms in total. The summed E-state index contributed by atoms with van der Waals surface area (Å²) < 4.78 is 9.44. The van der Waals surface area contributed by atoms with E-state index in [0.717, 1.165) is 11.1 Å². The van der Waals surface area contributed by atoms with Crippen LogP contribution < -0.4 is 10.6 Å². The number of hydrogen-bond donors (Lipinski definition) is 2. The Morgan fingerprint density at radius 2 is 1.25 bits per heavy atom. The average molecular weight is 384 g/mol. The summed E-state index contributed by atoms with van der Waals surface area (Å²) in [4.78, 5) is 36.7. The molecular weight excluding hydrogens is 360 g/mol. The molecule has 0 radical (unpaired) electrons. The predicted molar refractivity (Wildman–Crippen MR) is 104 cm³/mol. The standard InChI is InChI=1S/C21H24N2O5/c1-27-20(25)18(14-16-11-7-4-8-12-16)22-19(24)17(23-21(26)28-2)13-15-9-5-3-6-10-15/h3-12,17-18H,13-14H2,1-2H3,(H,22,24)(H,23,26). The lowest BCUT2D eigenvalue weighted by Crippen LogP contribution is -2.53. The van der Waals surface area contributed by atoms with Crippen LogP contribution in [-0.4, -0.2) is 44.3 Å². The molecule has 0 saturated carbocycles. The van der Waals surface area contributed by atoms with Crippen LogP contribution in [0.3, 0.4) is 0 Å². The van der Waals surface area contributed by atoms with Gasteiger partial charge in [0.05, 0.1) is 14.2 Å². The first-order chi connectivity index (χ1) is 13.5. The van der Waals surface area contributed by atoms with Crippen molar-refractivity contribution in [3.05, 3.63) is 71.8 Å². The summed E-state index contributed by atoms with van der Waals surface area (Å²) in [7, 11) is 2.49. The van der Waals surface area contributed by atoms with Crippen LogP contribution in [0.25, 0.3) is 0 Å². The molecule has 2 rings (SSSR count). The maximum atomic E-state index is 12.8. The number of alkyl carbamates (subject to hydrolysis) is 1. The summed E-state index contributed by atoms with van der Waals surface area (Å²) in [6, 6.07) is 16.7. The molecule has 2 atom stereocenters. The first-order valence-corrected chi connectivity index (χ1v) is 8.84. The number of carbonyl (C=O) groups excluding carboxylic acids is 3. The summed E-state index contributed by atoms with van der Waals surface area (Å²) >= 11 is 0. The molecule has 0 saturated heterocycles. The average Bonchev–Trinajstić information content (AvgIpc) is 2.73. The molecule has 0 aliphatic heterocycles. The minimum absolute atomic E-state index is 0.251. The minimum Gasteiger partial charge on any atom is -0.467 e. The Morgan fingerprint density at radius 1 is 0.750 bits per heavy atom. The first kappa shape index (κ1) is 21.0. The van der Waals surface area contributed by atoms with Gasteiger partial charge in [-0.3, -0.25) is 4.79 Å². The van der Waals surface area contributed by atoms with Gasteiger partial charge >= 0.3 is 12.1 Å². The maximum Gasteiger partial charge on any atom is 0.407 e. The summed E-state index contributed by atoms with van der Waals surface area (Å²) in [6.45, 7) is 0. The Hall–Kier alpha value is -3.35. The molecule has 0 heterocycles. The highest BCUT2D eigenvalue weighted by Crippen LogP contribution is 2.07. The molecule has 0 aliphatic carbocycles. The number of amides is 2. The van der Waals surface area contributed by atoms with E-state index in [1.54, 1.807) is 0 Å². The third-order valence-electron chi connectivity index (χ3n) is 4.16. The predicted octanol–water partition coefficient (Wildman–Crippen LogP) is 1.85. The Labute approximate surface area is 164 Å². The van der Waals surface area contributed by atoms with Crippen molar-refractivity contribution >= 4 is 18.0 Å². The van der Waals surface area contributed by atoms with Crippen molar-refractivity contribution < 1.29 is 23.9 Å². The van der Waals surface area contributed by atoms with Gasteiger partial charge in [0.2, 0.25) is 5.91 Å². The fourth-order valence-corrected chi connectivity index (χ4v) is 2.72. The molecule has 0 aliphatic rings. The van der Waals surface area contributed by atoms with Gasteiger partial charge < -0.3 is 20.1 Å². The molecule has 2 aromatic carbocycles. The number of benzene rings is 2. The third-order valence-corrected chi connectivity index (χ3v) is 4.16. The first-order valence-electron chi connectivity index (χ1n) is 8.84. The molecule has 2 amide bonds. The molecule has 148 valence electrons. The van der Waals surface area contributed by atoms with Crippen molar-refractivity contribution in [3.8, 4) is 0 Å². The lowest BCUT2D eigenvalue weighted by atomic mass is 10.0. The van der Waals surface area contributed by atoms with Crippen molar-refractivity contribution in [2.75, 3.05) is 14.2 Å². The summed E-state index contributed by atoms with van der Waals surface area (Å²) in [5.74, 6) is -1.06. The van der Waals surface area contributed by atoms with Crippen LogP contribution in [0.4, 0.5) is 4.79 Å². The SMILES string of the molecule is COC(=O)NC(Cc1ccccc1)C(=O)NC(Cc1ccccc1)C(=O)OC. The van der Waals surface area contributed by atoms with Gasteiger partial charge in [-0.05, 0) is 11.1 Å². The zero-order valence-electron chi connectivity index (χ0n) is 15.9. The van der Waals surface area contributed by atoms with E-state index < -0.39 is 30.1 Å². The van der Waals surface area contributed by atoms with E-state index in [9.17, 15) is 14.4 Å². The third kappa shape index (κ3) is 6.42. The van der Waals surface area contributed by atoms with Crippen molar-refractivity contribution in [2.24, 2.45) is 0 Å². The number of nitrogens with one attached hydrogen (secondary N) is 2. The van der Waals surface area contributed by atoms with Crippen molar-refractivity contribution in [3.63, 3.8) is 0 Å². The van der Waals surface area contributed by atoms with Gasteiger partial charge in [0.1, 0.15) is 12.1 Å². The topological polar surface area (TPSA) is 93.7 Å². The van der Waals surface area contributed by atoms with Crippen LogP contribution in [-0.2, 0) is 31.9 Å². The molecular formula is C21H24N2O5. The van der Waals surface area contributed by atoms with E-state index in [2.05, 4.69) is 15.4 Å². The Morgan fingerprint density at radius 3 is 1.71 bits per heavy atom. The molecule has 2 N–H and O–H groups in total. The van der Waals surface area contributed by atoms with Crippen LogP contribution in [0.15, 0.2) is 60.7 Å². The Balaban J connectivity index is 2.14. The number of ether oxygens (including phenoxy) is 2. The molecule has 0 fully saturated rings. The van der Waals surface area contributed by atoms with Crippen molar-refractivity contribution in [1.29, 1.82) is 0 Å². The number of hydrogen-bond acceptors (Lipinski definition) is 5. The zero-order chi connectivity index (χ0) is 20.4. The Bertz CT molecular complexity index is 780. The number of rotatable bonds is 8. The summed E-state index contributed by atoms with van der Waals surface area (Å²) in [6.07, 6.45) is -0.204. The molecule has 2 aromatic rings. The van der Waals surface area contributed by atoms with Crippen molar-refractivity contribution in [1.82, 2.24) is 10.6 Å². The van der Waals surface area contributed by atoms with Gasteiger partial charge in [-0.15, -0.1) is 0 Å². The van der Waals surface area contributed by atoms with Gasteiger partial charge in [0, 0.05) is 12.8 Å². The zero-order valence-corrected chi connectivity index (χ0v) is 15.9. The molecule has 0 spiro atoms. The van der Waals surface area contributed by atoms with E-state index in [-0.39, 0.29) is 12.8 Å². The monoisotopic (exact) mass is 384 g/mol. The van der Waals surface area contributed by atoms with Crippen molar-refractivity contribution in [2.45, 2.75) is 24.9 Å². The second-order valence-electron chi connectivity index (χ2n) is 6.15. The van der Waals surface area contributed by atoms with Gasteiger partial charge in [-0.1, -0.05) is 60.7 Å². The molecule has 28 heavy (non-hydrogen) atoms. The second-order valence-corrected chi connectivity index (χ2v) is 6.15. The van der Waals surface area contributed by atoms with E-state index >= 15 is 0 Å². The fourth-order valence-electron chi connectivity index (χ4n) is 2.72. The van der Waals surface area contributed by atoms with Crippen LogP contribution in [0.5, 0.6) is 0 Å². The van der Waals surface area contributed by atoms with E-state index in [1.807, 2.05) is 60.7 Å². The maximum absolute atomic E-state index is 12.8. The van der Waals surface area contributed by atoms with Gasteiger partial charge in [-0.25, -0.2) is 9.59 Å². The minimum atomic E-state index is -0.905. The Kier molecular flexibility index (Phi) is 8.02. The van der Waals surface area contributed by atoms with Crippen LogP contribution in [0.1, 0.15) is 11.1 Å². The molecule has 0 bridgehead atoms. The van der Waals surface area contributed by atoms with Gasteiger partial charge in [-0.2, -0.15) is 0 Å². The number of esters is 1. The summed E-state index contributed by atoms with van der Waals surface area (Å²) in [5.41, 5.74) is 1.73. The molecule has 2 unspecified atom stereocenters. The second kappa shape index (κ2) is 10.7. The highest BCUT2D eigenvalue weighted by atomic mass is 16.5. The van der Waals surface area contributed by atoms with Crippen LogP contribution >= 0.6 is 0 Å². The van der Waals surface area contributed by atoms with Gasteiger partial charge in [0.15, 0.2) is 0 Å². The quantitative estimate of drug-likeness (QED) is 0.678. The lowest BCUT2D eigenvalue weighted by molar-refractivity contribution is -0.145. The highest BCUT2D eigenvalue weighted by Gasteiger charge is 2.28. The normalized spacial score (nSPS) is 12.4.